The zero-order valence-corrected chi connectivity index (χ0v) is 12.0. The number of rotatable bonds is 6. The predicted octanol–water partition coefficient (Wildman–Crippen LogP) is 2.56. The molecule has 0 unspecified atom stereocenters. The Kier molecular flexibility index (Phi) is 4.67. The molecule has 1 amide bonds. The molecular weight excluding hydrogens is 280 g/mol. The molecule has 1 aromatic carbocycles. The second kappa shape index (κ2) is 6.30. The van der Waals surface area contributed by atoms with Crippen LogP contribution < -0.4 is 4.90 Å². The molecule has 0 spiro atoms. The molecule has 0 fully saturated rings. The Morgan fingerprint density at radius 2 is 1.90 bits per heavy atom. The maximum atomic E-state index is 13.6. The van der Waals surface area contributed by atoms with Gasteiger partial charge in [-0.3, -0.25) is 9.59 Å². The van der Waals surface area contributed by atoms with Crippen LogP contribution in [0.25, 0.3) is 0 Å². The number of fused-ring (bicyclic) bond motifs is 1. The smallest absolute Gasteiger partial charge is 0.299 e. The van der Waals surface area contributed by atoms with Crippen LogP contribution in [-0.4, -0.2) is 31.4 Å². The van der Waals surface area contributed by atoms with Crippen LogP contribution in [-0.2, 0) is 9.53 Å². The van der Waals surface area contributed by atoms with Crippen LogP contribution in [0, 0.1) is 17.6 Å². The van der Waals surface area contributed by atoms with Gasteiger partial charge in [0.15, 0.2) is 0 Å². The third-order valence-electron chi connectivity index (χ3n) is 3.29. The Labute approximate surface area is 121 Å². The molecule has 6 heteroatoms. The molecule has 0 radical (unpaired) electrons. The van der Waals surface area contributed by atoms with Crippen molar-refractivity contribution in [2.75, 3.05) is 24.7 Å². The van der Waals surface area contributed by atoms with Crippen molar-refractivity contribution in [1.29, 1.82) is 0 Å². The average molecular weight is 297 g/mol. The molecule has 0 N–H and O–H groups in total. The minimum atomic E-state index is -1.01. The summed E-state index contributed by atoms with van der Waals surface area (Å²) in [6, 6.07) is 1.60. The normalized spacial score (nSPS) is 14.2. The molecule has 114 valence electrons. The number of ether oxygens (including phenoxy) is 1. The quantitative estimate of drug-likeness (QED) is 0.599. The molecule has 4 nitrogen and oxygen atoms in total. The predicted molar refractivity (Wildman–Crippen MR) is 73.3 cm³/mol. The fourth-order valence-electron chi connectivity index (χ4n) is 2.14. The van der Waals surface area contributed by atoms with Gasteiger partial charge < -0.3 is 9.64 Å². The summed E-state index contributed by atoms with van der Waals surface area (Å²) < 4.78 is 32.2. The van der Waals surface area contributed by atoms with E-state index < -0.39 is 23.3 Å². The largest absolute Gasteiger partial charge is 0.380 e. The van der Waals surface area contributed by atoms with Crippen molar-refractivity contribution in [2.24, 2.45) is 5.92 Å². The third-order valence-corrected chi connectivity index (χ3v) is 3.29. The number of benzene rings is 1. The fraction of sp³-hybridized carbons (Fsp3) is 0.467. The number of carbonyl (C=O) groups excluding carboxylic acids is 2. The third kappa shape index (κ3) is 3.26. The van der Waals surface area contributed by atoms with E-state index in [4.69, 9.17) is 4.74 Å². The van der Waals surface area contributed by atoms with Crippen molar-refractivity contribution in [3.8, 4) is 0 Å². The maximum absolute atomic E-state index is 13.6. The first-order valence-corrected chi connectivity index (χ1v) is 6.84. The van der Waals surface area contributed by atoms with Crippen molar-refractivity contribution in [2.45, 2.75) is 20.3 Å². The second-order valence-electron chi connectivity index (χ2n) is 5.36. The maximum Gasteiger partial charge on any atom is 0.299 e. The van der Waals surface area contributed by atoms with E-state index in [1.54, 1.807) is 0 Å². The van der Waals surface area contributed by atoms with Gasteiger partial charge in [0.1, 0.15) is 11.6 Å². The van der Waals surface area contributed by atoms with E-state index in [1.807, 2.05) is 0 Å². The summed E-state index contributed by atoms with van der Waals surface area (Å²) >= 11 is 0. The van der Waals surface area contributed by atoms with Gasteiger partial charge >= 0.3 is 0 Å². The van der Waals surface area contributed by atoms with Crippen LogP contribution in [0.5, 0.6) is 0 Å². The Hall–Kier alpha value is -1.82. The van der Waals surface area contributed by atoms with E-state index in [2.05, 4.69) is 13.8 Å². The second-order valence-corrected chi connectivity index (χ2v) is 5.36. The molecule has 1 aromatic rings. The monoisotopic (exact) mass is 297 g/mol. The summed E-state index contributed by atoms with van der Waals surface area (Å²) in [6.07, 6.45) is 0.882. The van der Waals surface area contributed by atoms with E-state index in [1.165, 1.54) is 0 Å². The molecule has 21 heavy (non-hydrogen) atoms. The van der Waals surface area contributed by atoms with Crippen LogP contribution in [0.1, 0.15) is 30.6 Å². The minimum Gasteiger partial charge on any atom is -0.380 e. The molecule has 0 aromatic heterocycles. The molecule has 0 bridgehead atoms. The molecule has 1 heterocycles. The van der Waals surface area contributed by atoms with Crippen molar-refractivity contribution < 1.29 is 23.1 Å². The van der Waals surface area contributed by atoms with Crippen LogP contribution in [0.2, 0.25) is 0 Å². The highest BCUT2D eigenvalue weighted by Crippen LogP contribution is 2.31. The Balaban J connectivity index is 2.05. The Morgan fingerprint density at radius 3 is 2.57 bits per heavy atom. The van der Waals surface area contributed by atoms with Gasteiger partial charge in [-0.05, 0) is 18.4 Å². The number of ketones is 1. The molecule has 0 saturated heterocycles. The van der Waals surface area contributed by atoms with Crippen LogP contribution in [0.3, 0.4) is 0 Å². The van der Waals surface area contributed by atoms with E-state index in [0.29, 0.717) is 18.6 Å². The Bertz CT molecular complexity index is 572. The number of Topliss-reactive ketones (excluding diaryl/α,β-unsaturated/α-hetero) is 1. The van der Waals surface area contributed by atoms with Gasteiger partial charge in [-0.15, -0.1) is 0 Å². The van der Waals surface area contributed by atoms with Crippen LogP contribution >= 0.6 is 0 Å². The number of anilines is 1. The molecule has 0 saturated carbocycles. The molecule has 2 rings (SSSR count). The average Bonchev–Trinajstić information content (AvgIpc) is 2.62. The lowest BCUT2D eigenvalue weighted by Gasteiger charge is -2.16. The van der Waals surface area contributed by atoms with Gasteiger partial charge in [0.25, 0.3) is 11.7 Å². The zero-order valence-electron chi connectivity index (χ0n) is 12.0. The SMILES string of the molecule is CC(C)CCOCCN1C(=O)C(=O)c2c(F)cc(F)cc21. The highest BCUT2D eigenvalue weighted by molar-refractivity contribution is 6.52. The summed E-state index contributed by atoms with van der Waals surface area (Å²) in [5, 5.41) is 0. The number of carbonyl (C=O) groups is 2. The highest BCUT2D eigenvalue weighted by Gasteiger charge is 2.38. The van der Waals surface area contributed by atoms with Gasteiger partial charge in [-0.2, -0.15) is 0 Å². The lowest BCUT2D eigenvalue weighted by Crippen LogP contribution is -2.33. The van der Waals surface area contributed by atoms with Crippen LogP contribution in [0.15, 0.2) is 12.1 Å². The van der Waals surface area contributed by atoms with Crippen molar-refractivity contribution in [1.82, 2.24) is 0 Å². The van der Waals surface area contributed by atoms with Gasteiger partial charge in [0, 0.05) is 19.2 Å². The molecule has 0 atom stereocenters. The number of hydrogen-bond acceptors (Lipinski definition) is 3. The molecule has 1 aliphatic rings. The van der Waals surface area contributed by atoms with Crippen molar-refractivity contribution in [3.63, 3.8) is 0 Å². The van der Waals surface area contributed by atoms with E-state index >= 15 is 0 Å². The Morgan fingerprint density at radius 1 is 1.19 bits per heavy atom. The number of hydrogen-bond donors (Lipinski definition) is 0. The van der Waals surface area contributed by atoms with Crippen molar-refractivity contribution in [3.05, 3.63) is 29.3 Å². The van der Waals surface area contributed by atoms with E-state index in [9.17, 15) is 18.4 Å². The lowest BCUT2D eigenvalue weighted by molar-refractivity contribution is -0.114. The summed E-state index contributed by atoms with van der Waals surface area (Å²) in [6.45, 7) is 4.97. The van der Waals surface area contributed by atoms with E-state index in [0.717, 1.165) is 17.4 Å². The summed E-state index contributed by atoms with van der Waals surface area (Å²) in [4.78, 5) is 24.6. The van der Waals surface area contributed by atoms with Crippen LogP contribution in [0.4, 0.5) is 14.5 Å². The van der Waals surface area contributed by atoms with Gasteiger partial charge in [-0.25, -0.2) is 8.78 Å². The first-order valence-electron chi connectivity index (χ1n) is 6.84. The molecular formula is C15H17F2NO3. The lowest BCUT2D eigenvalue weighted by atomic mass is 10.1. The molecule has 0 aliphatic carbocycles. The summed E-state index contributed by atoms with van der Waals surface area (Å²) in [5.74, 6) is -3.11. The van der Waals surface area contributed by atoms with Gasteiger partial charge in [0.2, 0.25) is 0 Å². The van der Waals surface area contributed by atoms with Gasteiger partial charge in [-0.1, -0.05) is 13.8 Å². The fourth-order valence-corrected chi connectivity index (χ4v) is 2.14. The highest BCUT2D eigenvalue weighted by atomic mass is 19.1. The standard InChI is InChI=1S/C15H17F2NO3/c1-9(2)3-5-21-6-4-18-12-8-10(16)7-11(17)13(12)14(19)15(18)20/h7-9H,3-6H2,1-2H3. The topological polar surface area (TPSA) is 46.6 Å². The summed E-state index contributed by atoms with van der Waals surface area (Å²) in [7, 11) is 0. The minimum absolute atomic E-state index is 0.0186. The van der Waals surface area contributed by atoms with Crippen molar-refractivity contribution >= 4 is 17.4 Å². The summed E-state index contributed by atoms with van der Waals surface area (Å²) in [5.41, 5.74) is -0.376. The first-order chi connectivity index (χ1) is 9.91. The van der Waals surface area contributed by atoms with E-state index in [-0.39, 0.29) is 24.4 Å². The zero-order chi connectivity index (χ0) is 15.6. The number of amides is 1. The molecule has 1 aliphatic heterocycles. The van der Waals surface area contributed by atoms with Gasteiger partial charge in [0.05, 0.1) is 17.9 Å². The number of halogens is 2. The number of nitrogens with zero attached hydrogens (tertiary/aromatic N) is 1. The first kappa shape index (κ1) is 15.6.